The first kappa shape index (κ1) is 9.59. The van der Waals surface area contributed by atoms with E-state index in [-0.39, 0.29) is 5.69 Å². The Morgan fingerprint density at radius 3 is 2.76 bits per heavy atom. The van der Waals surface area contributed by atoms with Gasteiger partial charge in [-0.3, -0.25) is 10.1 Å². The Morgan fingerprint density at radius 1 is 1.24 bits per heavy atom. The maximum atomic E-state index is 10.7. The number of nitrogen functional groups attached to an aromatic ring is 1. The first-order chi connectivity index (χ1) is 8.15. The zero-order valence-electron chi connectivity index (χ0n) is 8.68. The van der Waals surface area contributed by atoms with E-state index in [4.69, 9.17) is 5.73 Å². The van der Waals surface area contributed by atoms with E-state index in [2.05, 4.69) is 9.97 Å². The van der Waals surface area contributed by atoms with E-state index in [1.807, 2.05) is 0 Å². The normalized spacial score (nSPS) is 11.1. The summed E-state index contributed by atoms with van der Waals surface area (Å²) in [5.41, 5.74) is 7.32. The standard InChI is InChI=1S/C11H8N4O2/c12-11-4-8-7-3-6(15(16)17)1-2-9(7)14-10(8)5-13-11/h1-5,14H,(H2,12,13). The number of aromatic nitrogens is 2. The molecule has 2 aromatic heterocycles. The lowest BCUT2D eigenvalue weighted by Gasteiger charge is -1.93. The molecule has 84 valence electrons. The maximum Gasteiger partial charge on any atom is 0.270 e. The van der Waals surface area contributed by atoms with Crippen molar-refractivity contribution in [2.75, 3.05) is 5.73 Å². The molecule has 0 saturated heterocycles. The molecule has 0 aliphatic heterocycles. The Balaban J connectivity index is 2.43. The van der Waals surface area contributed by atoms with Crippen molar-refractivity contribution in [1.82, 2.24) is 9.97 Å². The van der Waals surface area contributed by atoms with Crippen molar-refractivity contribution >= 4 is 33.3 Å². The number of hydrogen-bond acceptors (Lipinski definition) is 4. The van der Waals surface area contributed by atoms with E-state index >= 15 is 0 Å². The van der Waals surface area contributed by atoms with Crippen molar-refractivity contribution in [3.05, 3.63) is 40.6 Å². The molecule has 2 heterocycles. The van der Waals surface area contributed by atoms with Crippen LogP contribution in [0.5, 0.6) is 0 Å². The van der Waals surface area contributed by atoms with Crippen molar-refractivity contribution < 1.29 is 4.92 Å². The SMILES string of the molecule is Nc1cc2c(cn1)[nH]c1ccc([N+](=O)[O-])cc12. The molecule has 3 N–H and O–H groups in total. The van der Waals surface area contributed by atoms with Crippen LogP contribution < -0.4 is 5.73 Å². The number of rotatable bonds is 1. The Bertz CT molecular complexity index is 748. The summed E-state index contributed by atoms with van der Waals surface area (Å²) in [6.45, 7) is 0. The molecule has 0 aliphatic carbocycles. The predicted molar refractivity (Wildman–Crippen MR) is 64.7 cm³/mol. The Hall–Kier alpha value is -2.63. The third-order valence-corrected chi connectivity index (χ3v) is 2.70. The highest BCUT2D eigenvalue weighted by Gasteiger charge is 2.10. The minimum atomic E-state index is -0.414. The van der Waals surface area contributed by atoms with Gasteiger partial charge in [-0.15, -0.1) is 0 Å². The number of nitro benzene ring substituents is 1. The second kappa shape index (κ2) is 3.18. The summed E-state index contributed by atoms with van der Waals surface area (Å²) in [5.74, 6) is 0.393. The van der Waals surface area contributed by atoms with Gasteiger partial charge in [0.05, 0.1) is 16.6 Å². The third kappa shape index (κ3) is 1.38. The molecule has 0 unspecified atom stereocenters. The molecular formula is C11H8N4O2. The van der Waals surface area contributed by atoms with Gasteiger partial charge >= 0.3 is 0 Å². The number of non-ortho nitro benzene ring substituents is 1. The number of nitrogens with two attached hydrogens (primary N) is 1. The summed E-state index contributed by atoms with van der Waals surface area (Å²) in [6.07, 6.45) is 1.62. The number of fused-ring (bicyclic) bond motifs is 3. The highest BCUT2D eigenvalue weighted by atomic mass is 16.6. The number of hydrogen-bond donors (Lipinski definition) is 2. The van der Waals surface area contributed by atoms with Crippen molar-refractivity contribution in [2.45, 2.75) is 0 Å². The summed E-state index contributed by atoms with van der Waals surface area (Å²) in [7, 11) is 0. The lowest BCUT2D eigenvalue weighted by atomic mass is 10.1. The van der Waals surface area contributed by atoms with Crippen molar-refractivity contribution in [2.24, 2.45) is 0 Å². The second-order valence-electron chi connectivity index (χ2n) is 3.77. The Morgan fingerprint density at radius 2 is 2.00 bits per heavy atom. The number of H-pyrrole nitrogens is 1. The van der Waals surface area contributed by atoms with Crippen LogP contribution in [0, 0.1) is 10.1 Å². The highest BCUT2D eigenvalue weighted by Crippen LogP contribution is 2.28. The molecule has 0 atom stereocenters. The number of nitro groups is 1. The first-order valence-electron chi connectivity index (χ1n) is 4.96. The van der Waals surface area contributed by atoms with Crippen LogP contribution in [0.15, 0.2) is 30.5 Å². The Kier molecular flexibility index (Phi) is 1.79. The molecule has 6 nitrogen and oxygen atoms in total. The fourth-order valence-electron chi connectivity index (χ4n) is 1.92. The van der Waals surface area contributed by atoms with Crippen molar-refractivity contribution in [3.8, 4) is 0 Å². The van der Waals surface area contributed by atoms with Crippen LogP contribution >= 0.6 is 0 Å². The minimum absolute atomic E-state index is 0.0637. The maximum absolute atomic E-state index is 10.7. The van der Waals surface area contributed by atoms with Crippen LogP contribution in [-0.2, 0) is 0 Å². The smallest absolute Gasteiger partial charge is 0.270 e. The summed E-state index contributed by atoms with van der Waals surface area (Å²) < 4.78 is 0. The number of benzene rings is 1. The second-order valence-corrected chi connectivity index (χ2v) is 3.77. The molecule has 0 amide bonds. The monoisotopic (exact) mass is 228 g/mol. The van der Waals surface area contributed by atoms with Crippen LogP contribution in [0.1, 0.15) is 0 Å². The molecule has 0 saturated carbocycles. The van der Waals surface area contributed by atoms with Crippen LogP contribution in [0.2, 0.25) is 0 Å². The summed E-state index contributed by atoms with van der Waals surface area (Å²) in [4.78, 5) is 17.4. The van der Waals surface area contributed by atoms with E-state index in [1.165, 1.54) is 12.1 Å². The van der Waals surface area contributed by atoms with Crippen LogP contribution in [-0.4, -0.2) is 14.9 Å². The first-order valence-corrected chi connectivity index (χ1v) is 4.96. The van der Waals surface area contributed by atoms with E-state index < -0.39 is 4.92 Å². The van der Waals surface area contributed by atoms with Gasteiger partial charge in [0.25, 0.3) is 5.69 Å². The summed E-state index contributed by atoms with van der Waals surface area (Å²) in [6, 6.07) is 6.39. The van der Waals surface area contributed by atoms with Gasteiger partial charge in [0.2, 0.25) is 0 Å². The molecule has 6 heteroatoms. The largest absolute Gasteiger partial charge is 0.384 e. The van der Waals surface area contributed by atoms with Gasteiger partial charge in [-0.2, -0.15) is 0 Å². The molecule has 0 spiro atoms. The number of pyridine rings is 1. The van der Waals surface area contributed by atoms with Gasteiger partial charge in [-0.25, -0.2) is 4.98 Å². The van der Waals surface area contributed by atoms with Gasteiger partial charge in [0, 0.05) is 28.4 Å². The number of nitrogens with zero attached hydrogens (tertiary/aromatic N) is 2. The number of aromatic amines is 1. The minimum Gasteiger partial charge on any atom is -0.384 e. The molecule has 3 rings (SSSR count). The molecular weight excluding hydrogens is 220 g/mol. The van der Waals surface area contributed by atoms with E-state index in [0.29, 0.717) is 5.82 Å². The zero-order chi connectivity index (χ0) is 12.0. The summed E-state index contributed by atoms with van der Waals surface area (Å²) in [5, 5.41) is 12.4. The van der Waals surface area contributed by atoms with Crippen molar-refractivity contribution in [3.63, 3.8) is 0 Å². The predicted octanol–water partition coefficient (Wildman–Crippen LogP) is 2.21. The average molecular weight is 228 g/mol. The van der Waals surface area contributed by atoms with E-state index in [1.54, 1.807) is 18.3 Å². The molecule has 1 aromatic carbocycles. The van der Waals surface area contributed by atoms with Crippen molar-refractivity contribution in [1.29, 1.82) is 0 Å². The lowest BCUT2D eigenvalue weighted by Crippen LogP contribution is -1.88. The Labute approximate surface area is 95.2 Å². The molecule has 0 bridgehead atoms. The number of nitrogens with one attached hydrogen (secondary N) is 1. The van der Waals surface area contributed by atoms with Gasteiger partial charge in [-0.05, 0) is 12.1 Å². The zero-order valence-corrected chi connectivity index (χ0v) is 8.68. The average Bonchev–Trinajstić information content (AvgIpc) is 2.66. The van der Waals surface area contributed by atoms with E-state index in [0.717, 1.165) is 21.8 Å². The quantitative estimate of drug-likeness (QED) is 0.492. The molecule has 0 fully saturated rings. The van der Waals surface area contributed by atoms with Crippen LogP contribution in [0.3, 0.4) is 0 Å². The summed E-state index contributed by atoms with van der Waals surface area (Å²) >= 11 is 0. The van der Waals surface area contributed by atoms with Gasteiger partial charge in [0.15, 0.2) is 0 Å². The van der Waals surface area contributed by atoms with Gasteiger partial charge in [-0.1, -0.05) is 0 Å². The van der Waals surface area contributed by atoms with Gasteiger partial charge < -0.3 is 10.7 Å². The van der Waals surface area contributed by atoms with E-state index in [9.17, 15) is 10.1 Å². The van der Waals surface area contributed by atoms with Gasteiger partial charge in [0.1, 0.15) is 5.82 Å². The lowest BCUT2D eigenvalue weighted by molar-refractivity contribution is -0.384. The van der Waals surface area contributed by atoms with Crippen LogP contribution in [0.25, 0.3) is 21.8 Å². The third-order valence-electron chi connectivity index (χ3n) is 2.70. The topological polar surface area (TPSA) is 97.8 Å². The molecule has 0 aliphatic rings. The fraction of sp³-hybridized carbons (Fsp3) is 0. The highest BCUT2D eigenvalue weighted by molar-refractivity contribution is 6.08. The fourth-order valence-corrected chi connectivity index (χ4v) is 1.92. The molecule has 0 radical (unpaired) electrons. The molecule has 17 heavy (non-hydrogen) atoms. The van der Waals surface area contributed by atoms with Crippen LogP contribution in [0.4, 0.5) is 11.5 Å². The molecule has 3 aromatic rings. The number of anilines is 1.